The minimum atomic E-state index is -0.928. The Labute approximate surface area is 113 Å². The summed E-state index contributed by atoms with van der Waals surface area (Å²) in [6.07, 6.45) is -0.0780. The lowest BCUT2D eigenvalue weighted by Crippen LogP contribution is -2.38. The Morgan fingerprint density at radius 3 is 2.58 bits per heavy atom. The summed E-state index contributed by atoms with van der Waals surface area (Å²) in [7, 11) is 0. The highest BCUT2D eigenvalue weighted by Crippen LogP contribution is 2.18. The molecule has 19 heavy (non-hydrogen) atoms. The van der Waals surface area contributed by atoms with Gasteiger partial charge in [0.15, 0.2) is 0 Å². The lowest BCUT2D eigenvalue weighted by Gasteiger charge is -2.17. The molecule has 0 aliphatic heterocycles. The van der Waals surface area contributed by atoms with Gasteiger partial charge in [0.25, 0.3) is 0 Å². The van der Waals surface area contributed by atoms with Gasteiger partial charge in [0, 0.05) is 6.54 Å². The lowest BCUT2D eigenvalue weighted by molar-refractivity contribution is -0.136. The van der Waals surface area contributed by atoms with Gasteiger partial charge in [0.2, 0.25) is 0 Å². The third kappa shape index (κ3) is 4.99. The number of aliphatic carboxylic acids is 1. The Morgan fingerprint density at radius 2 is 2.00 bits per heavy atom. The SMILES string of the molecule is Cc1ccc(C(C)NC(=O)NCCC(=O)O)c(C)c1. The topological polar surface area (TPSA) is 78.4 Å². The van der Waals surface area contributed by atoms with E-state index in [1.54, 1.807) is 0 Å². The molecule has 1 rings (SSSR count). The van der Waals surface area contributed by atoms with Gasteiger partial charge in [-0.1, -0.05) is 23.8 Å². The molecule has 1 atom stereocenters. The molecule has 0 saturated carbocycles. The molecular formula is C14H20N2O3. The van der Waals surface area contributed by atoms with E-state index >= 15 is 0 Å². The molecule has 5 heteroatoms. The second-order valence-electron chi connectivity index (χ2n) is 4.63. The first kappa shape index (κ1) is 15.0. The standard InChI is InChI=1S/C14H20N2O3/c1-9-4-5-12(10(2)8-9)11(3)16-14(19)15-7-6-13(17)18/h4-5,8,11H,6-7H2,1-3H3,(H,17,18)(H2,15,16,19). The summed E-state index contributed by atoms with van der Waals surface area (Å²) in [4.78, 5) is 21.9. The van der Waals surface area contributed by atoms with E-state index in [1.165, 1.54) is 5.56 Å². The number of carbonyl (C=O) groups excluding carboxylic acids is 1. The van der Waals surface area contributed by atoms with Crippen LogP contribution in [0, 0.1) is 13.8 Å². The zero-order chi connectivity index (χ0) is 14.4. The number of carboxylic acid groups (broad SMARTS) is 1. The first-order valence-corrected chi connectivity index (χ1v) is 6.23. The van der Waals surface area contributed by atoms with Crippen LogP contribution in [0.15, 0.2) is 18.2 Å². The zero-order valence-electron chi connectivity index (χ0n) is 11.5. The van der Waals surface area contributed by atoms with Gasteiger partial charge in [0.1, 0.15) is 0 Å². The number of urea groups is 1. The van der Waals surface area contributed by atoms with Crippen molar-refractivity contribution in [1.82, 2.24) is 10.6 Å². The predicted molar refractivity (Wildman–Crippen MR) is 73.1 cm³/mol. The molecule has 0 aromatic heterocycles. The van der Waals surface area contributed by atoms with Crippen molar-refractivity contribution in [3.8, 4) is 0 Å². The van der Waals surface area contributed by atoms with Crippen molar-refractivity contribution in [3.05, 3.63) is 34.9 Å². The van der Waals surface area contributed by atoms with Crippen LogP contribution in [-0.2, 0) is 4.79 Å². The molecular weight excluding hydrogens is 244 g/mol. The van der Waals surface area contributed by atoms with Crippen LogP contribution in [0.4, 0.5) is 4.79 Å². The van der Waals surface area contributed by atoms with Crippen molar-refractivity contribution in [2.75, 3.05) is 6.54 Å². The summed E-state index contributed by atoms with van der Waals surface area (Å²) in [5, 5.41) is 13.8. The summed E-state index contributed by atoms with van der Waals surface area (Å²) in [6, 6.07) is 5.59. The van der Waals surface area contributed by atoms with Crippen molar-refractivity contribution < 1.29 is 14.7 Å². The van der Waals surface area contributed by atoms with Crippen LogP contribution in [0.1, 0.15) is 36.1 Å². The van der Waals surface area contributed by atoms with Crippen LogP contribution in [0.3, 0.4) is 0 Å². The van der Waals surface area contributed by atoms with Crippen LogP contribution in [0.5, 0.6) is 0 Å². The summed E-state index contributed by atoms with van der Waals surface area (Å²) in [5.41, 5.74) is 3.36. The molecule has 1 aromatic rings. The molecule has 0 aliphatic rings. The maximum atomic E-state index is 11.6. The molecule has 0 saturated heterocycles. The number of nitrogens with one attached hydrogen (secondary N) is 2. The Hall–Kier alpha value is -2.04. The second-order valence-corrected chi connectivity index (χ2v) is 4.63. The first-order valence-electron chi connectivity index (χ1n) is 6.23. The van der Waals surface area contributed by atoms with Crippen molar-refractivity contribution in [3.63, 3.8) is 0 Å². The van der Waals surface area contributed by atoms with Crippen LogP contribution in [-0.4, -0.2) is 23.7 Å². The van der Waals surface area contributed by atoms with Crippen molar-refractivity contribution >= 4 is 12.0 Å². The number of hydrogen-bond acceptors (Lipinski definition) is 2. The summed E-state index contributed by atoms with van der Waals surface area (Å²) < 4.78 is 0. The van der Waals surface area contributed by atoms with E-state index in [4.69, 9.17) is 5.11 Å². The number of rotatable bonds is 5. The normalized spacial score (nSPS) is 11.7. The second kappa shape index (κ2) is 6.78. The number of hydrogen-bond donors (Lipinski definition) is 3. The predicted octanol–water partition coefficient (Wildman–Crippen LogP) is 2.14. The molecule has 0 heterocycles. The number of amides is 2. The van der Waals surface area contributed by atoms with Crippen LogP contribution in [0.2, 0.25) is 0 Å². The maximum absolute atomic E-state index is 11.6. The molecule has 0 aliphatic carbocycles. The van der Waals surface area contributed by atoms with E-state index in [1.807, 2.05) is 32.9 Å². The fourth-order valence-corrected chi connectivity index (χ4v) is 1.92. The third-order valence-corrected chi connectivity index (χ3v) is 2.86. The van der Waals surface area contributed by atoms with E-state index < -0.39 is 5.97 Å². The maximum Gasteiger partial charge on any atom is 0.315 e. The average molecular weight is 264 g/mol. The monoisotopic (exact) mass is 264 g/mol. The first-order chi connectivity index (χ1) is 8.90. The van der Waals surface area contributed by atoms with Gasteiger partial charge in [-0.15, -0.1) is 0 Å². The summed E-state index contributed by atoms with van der Waals surface area (Å²) in [6.45, 7) is 6.05. The quantitative estimate of drug-likeness (QED) is 0.762. The number of carboxylic acids is 1. The Bertz CT molecular complexity index is 472. The fourth-order valence-electron chi connectivity index (χ4n) is 1.92. The van der Waals surface area contributed by atoms with E-state index in [0.29, 0.717) is 0 Å². The molecule has 0 spiro atoms. The van der Waals surface area contributed by atoms with Crippen LogP contribution < -0.4 is 10.6 Å². The minimum Gasteiger partial charge on any atom is -0.481 e. The van der Waals surface area contributed by atoms with Gasteiger partial charge in [-0.3, -0.25) is 4.79 Å². The molecule has 2 amide bonds. The molecule has 5 nitrogen and oxygen atoms in total. The molecule has 1 unspecified atom stereocenters. The van der Waals surface area contributed by atoms with Gasteiger partial charge in [0.05, 0.1) is 12.5 Å². The van der Waals surface area contributed by atoms with E-state index in [2.05, 4.69) is 16.7 Å². The van der Waals surface area contributed by atoms with Crippen molar-refractivity contribution in [1.29, 1.82) is 0 Å². The Morgan fingerprint density at radius 1 is 1.32 bits per heavy atom. The van der Waals surface area contributed by atoms with Gasteiger partial charge < -0.3 is 15.7 Å². The minimum absolute atomic E-state index is 0.0780. The van der Waals surface area contributed by atoms with Crippen molar-refractivity contribution in [2.45, 2.75) is 33.2 Å². The number of aryl methyl sites for hydroxylation is 2. The highest BCUT2D eigenvalue weighted by molar-refractivity contribution is 5.75. The molecule has 0 radical (unpaired) electrons. The molecule has 1 aromatic carbocycles. The molecule has 104 valence electrons. The highest BCUT2D eigenvalue weighted by Gasteiger charge is 2.11. The largest absolute Gasteiger partial charge is 0.481 e. The van der Waals surface area contributed by atoms with Gasteiger partial charge in [-0.25, -0.2) is 4.79 Å². The number of benzene rings is 1. The van der Waals surface area contributed by atoms with E-state index in [9.17, 15) is 9.59 Å². The highest BCUT2D eigenvalue weighted by atomic mass is 16.4. The average Bonchev–Trinajstić information content (AvgIpc) is 2.27. The number of carbonyl (C=O) groups is 2. The molecule has 0 fully saturated rings. The van der Waals surface area contributed by atoms with E-state index in [0.717, 1.165) is 11.1 Å². The third-order valence-electron chi connectivity index (χ3n) is 2.86. The van der Waals surface area contributed by atoms with Gasteiger partial charge >= 0.3 is 12.0 Å². The lowest BCUT2D eigenvalue weighted by atomic mass is 10.0. The van der Waals surface area contributed by atoms with E-state index in [-0.39, 0.29) is 25.0 Å². The smallest absolute Gasteiger partial charge is 0.315 e. The molecule has 0 bridgehead atoms. The van der Waals surface area contributed by atoms with Gasteiger partial charge in [-0.2, -0.15) is 0 Å². The zero-order valence-corrected chi connectivity index (χ0v) is 11.5. The van der Waals surface area contributed by atoms with Crippen molar-refractivity contribution in [2.24, 2.45) is 0 Å². The Balaban J connectivity index is 2.52. The summed E-state index contributed by atoms with van der Waals surface area (Å²) in [5.74, 6) is -0.928. The van der Waals surface area contributed by atoms with Gasteiger partial charge in [-0.05, 0) is 31.9 Å². The van der Waals surface area contributed by atoms with Crippen LogP contribution >= 0.6 is 0 Å². The van der Waals surface area contributed by atoms with Crippen LogP contribution in [0.25, 0.3) is 0 Å². The Kier molecular flexibility index (Phi) is 5.36. The fraction of sp³-hybridized carbons (Fsp3) is 0.429. The molecule has 3 N–H and O–H groups in total. The summed E-state index contributed by atoms with van der Waals surface area (Å²) >= 11 is 0.